The third-order valence-electron chi connectivity index (χ3n) is 3.34. The van der Waals surface area contributed by atoms with Gasteiger partial charge in [-0.1, -0.05) is 0 Å². The van der Waals surface area contributed by atoms with E-state index in [9.17, 15) is 0 Å². The Morgan fingerprint density at radius 3 is 2.83 bits per heavy atom. The van der Waals surface area contributed by atoms with E-state index < -0.39 is 0 Å². The van der Waals surface area contributed by atoms with Crippen LogP contribution in [0.25, 0.3) is 0 Å². The highest BCUT2D eigenvalue weighted by Gasteiger charge is 2.23. The molecule has 1 aliphatic rings. The topological polar surface area (TPSA) is 51.0 Å². The minimum absolute atomic E-state index is 0.0739. The van der Waals surface area contributed by atoms with E-state index in [0.29, 0.717) is 18.8 Å². The van der Waals surface area contributed by atoms with E-state index in [0.717, 1.165) is 32.8 Å². The molecule has 5 nitrogen and oxygen atoms in total. The monoisotopic (exact) mass is 259 g/mol. The lowest BCUT2D eigenvalue weighted by Crippen LogP contribution is -2.50. The molecule has 0 aromatic rings. The number of nitrogens with zero attached hydrogens (tertiary/aromatic N) is 2. The predicted octanol–water partition coefficient (Wildman–Crippen LogP) is 0.00110. The summed E-state index contributed by atoms with van der Waals surface area (Å²) in [6.45, 7) is 9.74. The summed E-state index contributed by atoms with van der Waals surface area (Å²) in [5, 5.41) is 0. The average molecular weight is 259 g/mol. The molecule has 1 aliphatic heterocycles. The van der Waals surface area contributed by atoms with Crippen molar-refractivity contribution in [3.05, 3.63) is 0 Å². The van der Waals surface area contributed by atoms with E-state index >= 15 is 0 Å². The van der Waals surface area contributed by atoms with Crippen molar-refractivity contribution in [3.63, 3.8) is 0 Å². The van der Waals surface area contributed by atoms with Crippen molar-refractivity contribution < 1.29 is 9.47 Å². The van der Waals surface area contributed by atoms with Gasteiger partial charge < -0.3 is 20.1 Å². The Morgan fingerprint density at radius 1 is 1.50 bits per heavy atom. The molecule has 1 fully saturated rings. The minimum Gasteiger partial charge on any atom is -0.383 e. The molecule has 0 aliphatic carbocycles. The van der Waals surface area contributed by atoms with Gasteiger partial charge >= 0.3 is 0 Å². The van der Waals surface area contributed by atoms with Crippen molar-refractivity contribution in [2.24, 2.45) is 5.73 Å². The van der Waals surface area contributed by atoms with Crippen LogP contribution in [0, 0.1) is 0 Å². The third kappa shape index (κ3) is 5.63. The van der Waals surface area contributed by atoms with Gasteiger partial charge in [0.2, 0.25) is 0 Å². The molecule has 0 saturated carbocycles. The third-order valence-corrected chi connectivity index (χ3v) is 3.34. The fourth-order valence-electron chi connectivity index (χ4n) is 2.41. The van der Waals surface area contributed by atoms with E-state index in [-0.39, 0.29) is 6.04 Å². The summed E-state index contributed by atoms with van der Waals surface area (Å²) < 4.78 is 10.9. The molecule has 18 heavy (non-hydrogen) atoms. The van der Waals surface area contributed by atoms with Gasteiger partial charge in [0, 0.05) is 45.4 Å². The Morgan fingerprint density at radius 2 is 2.22 bits per heavy atom. The molecular formula is C13H29N3O2. The van der Waals surface area contributed by atoms with Gasteiger partial charge in [0.05, 0.1) is 19.3 Å². The number of hydrogen-bond acceptors (Lipinski definition) is 5. The van der Waals surface area contributed by atoms with Gasteiger partial charge in [-0.25, -0.2) is 0 Å². The molecule has 1 saturated heterocycles. The quantitative estimate of drug-likeness (QED) is 0.697. The summed E-state index contributed by atoms with van der Waals surface area (Å²) in [7, 11) is 3.78. The van der Waals surface area contributed by atoms with Gasteiger partial charge in [0.15, 0.2) is 0 Å². The Hall–Kier alpha value is -0.200. The van der Waals surface area contributed by atoms with Crippen LogP contribution in [0.5, 0.6) is 0 Å². The normalized spacial score (nSPS) is 23.8. The van der Waals surface area contributed by atoms with Crippen LogP contribution in [-0.4, -0.2) is 81.5 Å². The van der Waals surface area contributed by atoms with Gasteiger partial charge in [-0.3, -0.25) is 4.90 Å². The van der Waals surface area contributed by atoms with Crippen molar-refractivity contribution in [1.29, 1.82) is 0 Å². The lowest BCUT2D eigenvalue weighted by molar-refractivity contribution is -0.0503. The molecule has 0 spiro atoms. The van der Waals surface area contributed by atoms with E-state index in [1.807, 2.05) is 0 Å². The van der Waals surface area contributed by atoms with Crippen LogP contribution >= 0.6 is 0 Å². The number of rotatable bonds is 7. The van der Waals surface area contributed by atoms with Crippen LogP contribution in [0.15, 0.2) is 0 Å². The number of morpholine rings is 1. The Kier molecular flexibility index (Phi) is 7.11. The van der Waals surface area contributed by atoms with E-state index in [1.165, 1.54) is 0 Å². The van der Waals surface area contributed by atoms with Crippen LogP contribution in [0.4, 0.5) is 0 Å². The molecule has 0 radical (unpaired) electrons. The highest BCUT2D eigenvalue weighted by atomic mass is 16.5. The number of methoxy groups -OCH3 is 1. The van der Waals surface area contributed by atoms with E-state index in [2.05, 4.69) is 30.7 Å². The van der Waals surface area contributed by atoms with Gasteiger partial charge in [0.1, 0.15) is 0 Å². The number of likely N-dealkylation sites (N-methyl/N-ethyl adjacent to an activating group) is 1. The fraction of sp³-hybridized carbons (Fsp3) is 1.00. The maximum Gasteiger partial charge on any atom is 0.0829 e. The highest BCUT2D eigenvalue weighted by molar-refractivity contribution is 4.77. The first-order valence-corrected chi connectivity index (χ1v) is 6.81. The summed E-state index contributed by atoms with van der Waals surface area (Å²) in [5.74, 6) is 0. The molecular weight excluding hydrogens is 230 g/mol. The number of ether oxygens (including phenoxy) is 2. The first-order valence-electron chi connectivity index (χ1n) is 6.81. The average Bonchev–Trinajstić information content (AvgIpc) is 2.29. The molecule has 2 N–H and O–H groups in total. The van der Waals surface area contributed by atoms with Crippen LogP contribution in [0.3, 0.4) is 0 Å². The lowest BCUT2D eigenvalue weighted by Gasteiger charge is -2.37. The second-order valence-corrected chi connectivity index (χ2v) is 5.52. The smallest absolute Gasteiger partial charge is 0.0829 e. The SMILES string of the molecule is COCC(N)CN(C)CC1CN(C(C)C)CCO1. The zero-order valence-electron chi connectivity index (χ0n) is 12.3. The summed E-state index contributed by atoms with van der Waals surface area (Å²) in [4.78, 5) is 4.70. The standard InChI is InChI=1S/C13H29N3O2/c1-11(2)16-5-6-18-13(9-16)8-15(3)7-12(14)10-17-4/h11-13H,5-10,14H2,1-4H3. The zero-order chi connectivity index (χ0) is 13.5. The molecule has 1 rings (SSSR count). The Bertz CT molecular complexity index is 226. The van der Waals surface area contributed by atoms with Crippen LogP contribution in [0.2, 0.25) is 0 Å². The summed E-state index contributed by atoms with van der Waals surface area (Å²) >= 11 is 0. The summed E-state index contributed by atoms with van der Waals surface area (Å²) in [6.07, 6.45) is 0.292. The van der Waals surface area contributed by atoms with Crippen molar-refractivity contribution >= 4 is 0 Å². The largest absolute Gasteiger partial charge is 0.383 e. The van der Waals surface area contributed by atoms with Gasteiger partial charge in [0.25, 0.3) is 0 Å². The van der Waals surface area contributed by atoms with Crippen LogP contribution < -0.4 is 5.73 Å². The molecule has 0 amide bonds. The lowest BCUT2D eigenvalue weighted by atomic mass is 10.2. The molecule has 0 bridgehead atoms. The second kappa shape index (κ2) is 8.07. The van der Waals surface area contributed by atoms with Crippen molar-refractivity contribution in [2.45, 2.75) is 32.0 Å². The summed E-state index contributed by atoms with van der Waals surface area (Å²) in [5.41, 5.74) is 5.95. The van der Waals surface area contributed by atoms with Crippen LogP contribution in [0.1, 0.15) is 13.8 Å². The van der Waals surface area contributed by atoms with Gasteiger partial charge in [-0.15, -0.1) is 0 Å². The Labute approximate surface area is 111 Å². The van der Waals surface area contributed by atoms with Gasteiger partial charge in [-0.05, 0) is 20.9 Å². The molecule has 2 atom stereocenters. The zero-order valence-corrected chi connectivity index (χ0v) is 12.3. The van der Waals surface area contributed by atoms with Crippen molar-refractivity contribution in [2.75, 3.05) is 53.6 Å². The number of hydrogen-bond donors (Lipinski definition) is 1. The maximum atomic E-state index is 5.95. The molecule has 5 heteroatoms. The molecule has 0 aromatic heterocycles. The Balaban J connectivity index is 2.28. The molecule has 1 heterocycles. The van der Waals surface area contributed by atoms with Crippen LogP contribution in [-0.2, 0) is 9.47 Å². The minimum atomic E-state index is 0.0739. The van der Waals surface area contributed by atoms with Gasteiger partial charge in [-0.2, -0.15) is 0 Å². The molecule has 2 unspecified atom stereocenters. The van der Waals surface area contributed by atoms with E-state index in [1.54, 1.807) is 7.11 Å². The highest BCUT2D eigenvalue weighted by Crippen LogP contribution is 2.09. The fourth-order valence-corrected chi connectivity index (χ4v) is 2.41. The van der Waals surface area contributed by atoms with Crippen molar-refractivity contribution in [3.8, 4) is 0 Å². The molecule has 108 valence electrons. The van der Waals surface area contributed by atoms with E-state index in [4.69, 9.17) is 15.2 Å². The second-order valence-electron chi connectivity index (χ2n) is 5.52. The predicted molar refractivity (Wildman–Crippen MR) is 73.8 cm³/mol. The molecule has 0 aromatic carbocycles. The number of nitrogens with two attached hydrogens (primary N) is 1. The summed E-state index contributed by atoms with van der Waals surface area (Å²) in [6, 6.07) is 0.669. The maximum absolute atomic E-state index is 5.95. The first-order chi connectivity index (χ1) is 8.52. The first kappa shape index (κ1) is 15.9. The van der Waals surface area contributed by atoms with Crippen molar-refractivity contribution in [1.82, 2.24) is 9.80 Å².